The van der Waals surface area contributed by atoms with Crippen molar-refractivity contribution in [1.82, 2.24) is 0 Å². The van der Waals surface area contributed by atoms with E-state index < -0.39 is 11.9 Å². The molecule has 4 nitrogen and oxygen atoms in total. The number of carboxylic acid groups (broad SMARTS) is 1. The number of carboxylic acids is 1. The molecule has 1 aromatic carbocycles. The molecule has 1 amide bonds. The average Bonchev–Trinajstić information content (AvgIpc) is 2.28. The zero-order valence-electron chi connectivity index (χ0n) is 8.21. The summed E-state index contributed by atoms with van der Waals surface area (Å²) < 4.78 is -0.341. The van der Waals surface area contributed by atoms with E-state index in [2.05, 4.69) is 5.32 Å². The molecule has 1 aromatic rings. The van der Waals surface area contributed by atoms with Crippen LogP contribution in [-0.2, 0) is 4.79 Å². The number of halogens is 3. The fourth-order valence-electron chi connectivity index (χ4n) is 0.968. The van der Waals surface area contributed by atoms with Crippen LogP contribution in [0.4, 0.5) is 5.69 Å². The Morgan fingerprint density at radius 3 is 2.00 bits per heavy atom. The number of hydrogen-bond acceptors (Lipinski definition) is 2. The van der Waals surface area contributed by atoms with Crippen molar-refractivity contribution >= 4 is 52.4 Å². The van der Waals surface area contributed by atoms with Crippen LogP contribution < -0.4 is 5.32 Å². The lowest BCUT2D eigenvalue weighted by molar-refractivity contribution is -0.112. The van der Waals surface area contributed by atoms with Crippen LogP contribution in [0.25, 0.3) is 0 Å². The molecule has 0 fully saturated rings. The summed E-state index contributed by atoms with van der Waals surface area (Å²) in [5.74, 6) is -1.72. The minimum atomic E-state index is -1.05. The van der Waals surface area contributed by atoms with Gasteiger partial charge in [-0.3, -0.25) is 4.79 Å². The summed E-state index contributed by atoms with van der Waals surface area (Å²) >= 11 is 16.2. The summed E-state index contributed by atoms with van der Waals surface area (Å²) in [7, 11) is 0. The van der Waals surface area contributed by atoms with Gasteiger partial charge in [0, 0.05) is 5.69 Å². The first-order chi connectivity index (χ1) is 7.91. The molecule has 0 saturated carbocycles. The van der Waals surface area contributed by atoms with Gasteiger partial charge < -0.3 is 10.4 Å². The highest BCUT2D eigenvalue weighted by Crippen LogP contribution is 2.19. The fraction of sp³-hybridized carbons (Fsp3) is 0. The lowest BCUT2D eigenvalue weighted by atomic mass is 10.2. The van der Waals surface area contributed by atoms with Gasteiger partial charge in [0.15, 0.2) is 0 Å². The first kappa shape index (κ1) is 13.8. The van der Waals surface area contributed by atoms with E-state index in [1.54, 1.807) is 0 Å². The summed E-state index contributed by atoms with van der Waals surface area (Å²) in [5.41, 5.74) is 0.493. The maximum absolute atomic E-state index is 11.4. The van der Waals surface area contributed by atoms with Gasteiger partial charge in [-0.05, 0) is 24.3 Å². The lowest BCUT2D eigenvalue weighted by Crippen LogP contribution is -2.12. The van der Waals surface area contributed by atoms with Crippen LogP contribution in [0.3, 0.4) is 0 Å². The third-order valence-corrected chi connectivity index (χ3v) is 2.69. The number of carbonyl (C=O) groups is 2. The van der Waals surface area contributed by atoms with Gasteiger partial charge in [0.1, 0.15) is 9.52 Å². The van der Waals surface area contributed by atoms with E-state index in [1.165, 1.54) is 24.3 Å². The molecular weight excluding hydrogens is 288 g/mol. The SMILES string of the molecule is O=C(Nc1ccc(C(=O)O)cc1)C(Cl)=C(Cl)Cl. The summed E-state index contributed by atoms with van der Waals surface area (Å²) in [4.78, 5) is 22.0. The molecule has 90 valence electrons. The molecule has 0 aliphatic rings. The summed E-state index contributed by atoms with van der Waals surface area (Å²) in [5, 5.41) is 10.7. The van der Waals surface area contributed by atoms with Gasteiger partial charge in [-0.15, -0.1) is 0 Å². The number of rotatable bonds is 3. The second-order valence-corrected chi connectivity index (χ2v) is 4.24. The van der Waals surface area contributed by atoms with Crippen molar-refractivity contribution in [3.63, 3.8) is 0 Å². The van der Waals surface area contributed by atoms with E-state index >= 15 is 0 Å². The molecule has 0 saturated heterocycles. The van der Waals surface area contributed by atoms with Gasteiger partial charge in [0.2, 0.25) is 0 Å². The van der Waals surface area contributed by atoms with Crippen LogP contribution in [0.1, 0.15) is 10.4 Å². The van der Waals surface area contributed by atoms with Crippen molar-refractivity contribution in [2.45, 2.75) is 0 Å². The second kappa shape index (κ2) is 5.91. The zero-order valence-corrected chi connectivity index (χ0v) is 10.5. The zero-order chi connectivity index (χ0) is 13.0. The molecule has 0 atom stereocenters. The van der Waals surface area contributed by atoms with Crippen LogP contribution in [0.5, 0.6) is 0 Å². The highest BCUT2D eigenvalue weighted by molar-refractivity contribution is 6.63. The van der Waals surface area contributed by atoms with Gasteiger partial charge in [-0.25, -0.2) is 4.79 Å². The van der Waals surface area contributed by atoms with Gasteiger partial charge in [-0.1, -0.05) is 34.8 Å². The Balaban J connectivity index is 2.80. The van der Waals surface area contributed by atoms with E-state index in [1.807, 2.05) is 0 Å². The molecule has 1 rings (SSSR count). The van der Waals surface area contributed by atoms with E-state index in [0.717, 1.165) is 0 Å². The number of nitrogens with one attached hydrogen (secondary N) is 1. The number of hydrogen-bond donors (Lipinski definition) is 2. The third kappa shape index (κ3) is 3.93. The number of carbonyl (C=O) groups excluding carboxylic acids is 1. The first-order valence-corrected chi connectivity index (χ1v) is 5.40. The molecule has 2 N–H and O–H groups in total. The normalized spacial score (nSPS) is 9.59. The molecule has 17 heavy (non-hydrogen) atoms. The van der Waals surface area contributed by atoms with Crippen molar-refractivity contribution in [2.24, 2.45) is 0 Å². The monoisotopic (exact) mass is 293 g/mol. The van der Waals surface area contributed by atoms with Crippen molar-refractivity contribution in [1.29, 1.82) is 0 Å². The number of anilines is 1. The predicted octanol–water partition coefficient (Wildman–Crippen LogP) is 3.21. The lowest BCUT2D eigenvalue weighted by Gasteiger charge is -2.04. The van der Waals surface area contributed by atoms with Gasteiger partial charge in [0.05, 0.1) is 5.56 Å². The van der Waals surface area contributed by atoms with Gasteiger partial charge in [-0.2, -0.15) is 0 Å². The molecule has 0 heterocycles. The predicted molar refractivity (Wildman–Crippen MR) is 66.6 cm³/mol. The second-order valence-electron chi connectivity index (χ2n) is 2.91. The van der Waals surface area contributed by atoms with Crippen molar-refractivity contribution < 1.29 is 14.7 Å². The Kier molecular flexibility index (Phi) is 4.81. The highest BCUT2D eigenvalue weighted by Gasteiger charge is 2.11. The molecule has 0 unspecified atom stereocenters. The molecule has 7 heteroatoms. The molecule has 0 bridgehead atoms. The van der Waals surface area contributed by atoms with Gasteiger partial charge in [0.25, 0.3) is 5.91 Å². The molecule has 0 aliphatic heterocycles. The summed E-state index contributed by atoms with van der Waals surface area (Å²) in [6.07, 6.45) is 0. The maximum Gasteiger partial charge on any atom is 0.335 e. The standard InChI is InChI=1S/C10H6Cl3NO3/c11-7(8(12)13)9(15)14-6-3-1-5(2-4-6)10(16)17/h1-4H,(H,14,15)(H,16,17). The van der Waals surface area contributed by atoms with Crippen LogP contribution >= 0.6 is 34.8 Å². The van der Waals surface area contributed by atoms with E-state index in [4.69, 9.17) is 39.9 Å². The van der Waals surface area contributed by atoms with E-state index in [-0.39, 0.29) is 15.1 Å². The van der Waals surface area contributed by atoms with E-state index in [0.29, 0.717) is 5.69 Å². The van der Waals surface area contributed by atoms with Crippen LogP contribution in [0.2, 0.25) is 0 Å². The average molecular weight is 295 g/mol. The van der Waals surface area contributed by atoms with Crippen molar-refractivity contribution in [3.05, 3.63) is 39.4 Å². The molecule has 0 spiro atoms. The molecule has 0 radical (unpaired) electrons. The van der Waals surface area contributed by atoms with Crippen molar-refractivity contribution in [2.75, 3.05) is 5.32 Å². The minimum absolute atomic E-state index is 0.111. The number of aromatic carboxylic acids is 1. The Morgan fingerprint density at radius 2 is 1.59 bits per heavy atom. The Morgan fingerprint density at radius 1 is 1.06 bits per heavy atom. The summed E-state index contributed by atoms with van der Waals surface area (Å²) in [6.45, 7) is 0. The highest BCUT2D eigenvalue weighted by atomic mass is 35.5. The van der Waals surface area contributed by atoms with Crippen LogP contribution in [0.15, 0.2) is 33.8 Å². The summed E-state index contributed by atoms with van der Waals surface area (Å²) in [6, 6.07) is 5.54. The third-order valence-electron chi connectivity index (χ3n) is 1.75. The molecular formula is C10H6Cl3NO3. The number of amides is 1. The van der Waals surface area contributed by atoms with Crippen LogP contribution in [-0.4, -0.2) is 17.0 Å². The fourth-order valence-corrected chi connectivity index (χ4v) is 1.19. The topological polar surface area (TPSA) is 66.4 Å². The first-order valence-electron chi connectivity index (χ1n) is 4.27. The maximum atomic E-state index is 11.4. The van der Waals surface area contributed by atoms with Crippen molar-refractivity contribution in [3.8, 4) is 0 Å². The molecule has 0 aliphatic carbocycles. The van der Waals surface area contributed by atoms with Crippen LogP contribution in [0, 0.1) is 0 Å². The van der Waals surface area contributed by atoms with Gasteiger partial charge >= 0.3 is 5.97 Å². The smallest absolute Gasteiger partial charge is 0.335 e. The quantitative estimate of drug-likeness (QED) is 0.841. The number of benzene rings is 1. The van der Waals surface area contributed by atoms with E-state index in [9.17, 15) is 9.59 Å². The largest absolute Gasteiger partial charge is 0.478 e. The Hall–Kier alpha value is -1.23. The Labute approximate surface area is 112 Å². The minimum Gasteiger partial charge on any atom is -0.478 e. The molecule has 0 aromatic heterocycles. The Bertz CT molecular complexity index is 478.